The number of nitrogens with zero attached hydrogens (tertiary/aromatic N) is 1. The average Bonchev–Trinajstić information content (AvgIpc) is 2.94. The first-order chi connectivity index (χ1) is 18.8. The lowest BCUT2D eigenvalue weighted by Gasteiger charge is -2.44. The van der Waals surface area contributed by atoms with E-state index in [-0.39, 0.29) is 11.4 Å². The average molecular weight is 538 g/mol. The van der Waals surface area contributed by atoms with Gasteiger partial charge in [-0.1, -0.05) is 109 Å². The lowest BCUT2D eigenvalue weighted by atomic mass is 9.72. The summed E-state index contributed by atoms with van der Waals surface area (Å²) in [6, 6.07) is 10.2. The highest BCUT2D eigenvalue weighted by molar-refractivity contribution is 5.69. The van der Waals surface area contributed by atoms with Crippen molar-refractivity contribution in [2.75, 3.05) is 19.7 Å². The SMILES string of the molecule is CCOC(=O)C[C@@H]1CC[C@@H](N(CCC2CCCCC2)CCC2CCCCC2)[C@H](c2ccc(C(C)(C)C)cc2)C1. The van der Waals surface area contributed by atoms with E-state index in [9.17, 15) is 4.79 Å². The van der Waals surface area contributed by atoms with Crippen LogP contribution in [0.2, 0.25) is 0 Å². The maximum Gasteiger partial charge on any atom is 0.306 e. The van der Waals surface area contributed by atoms with Crippen molar-refractivity contribution in [2.24, 2.45) is 17.8 Å². The first-order valence-electron chi connectivity index (χ1n) is 16.8. The van der Waals surface area contributed by atoms with Crippen LogP contribution >= 0.6 is 0 Å². The highest BCUT2D eigenvalue weighted by Crippen LogP contribution is 2.42. The molecule has 3 nitrogen and oxygen atoms in total. The number of rotatable bonds is 11. The van der Waals surface area contributed by atoms with Gasteiger partial charge in [0.2, 0.25) is 0 Å². The summed E-state index contributed by atoms with van der Waals surface area (Å²) in [6.07, 6.45) is 21.2. The van der Waals surface area contributed by atoms with Crippen LogP contribution in [-0.2, 0) is 14.9 Å². The third kappa shape index (κ3) is 9.34. The molecule has 0 heterocycles. The molecule has 1 aromatic rings. The van der Waals surface area contributed by atoms with E-state index in [2.05, 4.69) is 49.9 Å². The highest BCUT2D eigenvalue weighted by Gasteiger charge is 2.36. The fourth-order valence-electron chi connectivity index (χ4n) is 8.00. The Morgan fingerprint density at radius 3 is 1.87 bits per heavy atom. The van der Waals surface area contributed by atoms with Gasteiger partial charge >= 0.3 is 5.97 Å². The zero-order valence-corrected chi connectivity index (χ0v) is 25.9. The second-order valence-corrected chi connectivity index (χ2v) is 14.4. The van der Waals surface area contributed by atoms with E-state index in [0.717, 1.165) is 24.7 Å². The Bertz CT molecular complexity index is 822. The summed E-state index contributed by atoms with van der Waals surface area (Å²) in [7, 11) is 0. The van der Waals surface area contributed by atoms with Crippen LogP contribution in [-0.4, -0.2) is 36.6 Å². The van der Waals surface area contributed by atoms with Crippen molar-refractivity contribution in [1.82, 2.24) is 4.90 Å². The maximum absolute atomic E-state index is 12.4. The van der Waals surface area contributed by atoms with Crippen molar-refractivity contribution in [3.05, 3.63) is 35.4 Å². The third-order valence-corrected chi connectivity index (χ3v) is 10.5. The predicted octanol–water partition coefficient (Wildman–Crippen LogP) is 9.43. The van der Waals surface area contributed by atoms with E-state index >= 15 is 0 Å². The Morgan fingerprint density at radius 1 is 0.795 bits per heavy atom. The molecule has 0 aromatic heterocycles. The first-order valence-corrected chi connectivity index (χ1v) is 16.8. The Balaban J connectivity index is 1.53. The molecule has 3 saturated carbocycles. The monoisotopic (exact) mass is 537 g/mol. The molecule has 0 amide bonds. The molecular formula is C36H59NO2. The summed E-state index contributed by atoms with van der Waals surface area (Å²) < 4.78 is 5.38. The summed E-state index contributed by atoms with van der Waals surface area (Å²) in [5.41, 5.74) is 3.07. The lowest BCUT2D eigenvalue weighted by molar-refractivity contribution is -0.144. The Kier molecular flexibility index (Phi) is 11.8. The predicted molar refractivity (Wildman–Crippen MR) is 164 cm³/mol. The van der Waals surface area contributed by atoms with Crippen LogP contribution in [0.25, 0.3) is 0 Å². The van der Waals surface area contributed by atoms with Crippen LogP contribution < -0.4 is 0 Å². The van der Waals surface area contributed by atoms with Gasteiger partial charge in [0.05, 0.1) is 6.61 Å². The van der Waals surface area contributed by atoms with E-state index < -0.39 is 0 Å². The zero-order chi connectivity index (χ0) is 27.7. The molecule has 0 unspecified atom stereocenters. The van der Waals surface area contributed by atoms with Crippen LogP contribution in [0.1, 0.15) is 147 Å². The molecule has 0 N–H and O–H groups in total. The number of carbonyl (C=O) groups is 1. The number of carbonyl (C=O) groups excluding carboxylic acids is 1. The largest absolute Gasteiger partial charge is 0.466 e. The van der Waals surface area contributed by atoms with Gasteiger partial charge in [-0.25, -0.2) is 0 Å². The Hall–Kier alpha value is -1.35. The molecule has 3 heteroatoms. The Labute approximate surface area is 240 Å². The maximum atomic E-state index is 12.4. The van der Waals surface area contributed by atoms with Gasteiger partial charge < -0.3 is 4.74 Å². The molecule has 1 aromatic carbocycles. The van der Waals surface area contributed by atoms with Crippen LogP contribution in [0, 0.1) is 17.8 Å². The molecule has 0 aliphatic heterocycles. The van der Waals surface area contributed by atoms with Crippen LogP contribution in [0.4, 0.5) is 0 Å². The minimum Gasteiger partial charge on any atom is -0.466 e. The standard InChI is InChI=1S/C36H59NO2/c1-5-39-35(38)27-30-16-21-34(33(26-30)31-17-19-32(20-18-31)36(2,3)4)37(24-22-28-12-8-6-9-13-28)25-23-29-14-10-7-11-15-29/h17-20,28-30,33-34H,5-16,21-27H2,1-4H3/t30-,33+,34-/m1/s1. The molecule has 0 saturated heterocycles. The van der Waals surface area contributed by atoms with E-state index in [1.165, 1.54) is 108 Å². The zero-order valence-electron chi connectivity index (χ0n) is 25.9. The van der Waals surface area contributed by atoms with Gasteiger partial charge in [-0.3, -0.25) is 9.69 Å². The topological polar surface area (TPSA) is 29.5 Å². The third-order valence-electron chi connectivity index (χ3n) is 10.5. The summed E-state index contributed by atoms with van der Waals surface area (Å²) in [6.45, 7) is 11.9. The molecule has 39 heavy (non-hydrogen) atoms. The van der Waals surface area contributed by atoms with E-state index in [1.54, 1.807) is 0 Å². The van der Waals surface area contributed by atoms with Crippen LogP contribution in [0.15, 0.2) is 24.3 Å². The fraction of sp³-hybridized carbons (Fsp3) is 0.806. The summed E-state index contributed by atoms with van der Waals surface area (Å²) >= 11 is 0. The number of benzene rings is 1. The summed E-state index contributed by atoms with van der Waals surface area (Å²) in [5.74, 6) is 2.80. The molecule has 3 fully saturated rings. The normalized spacial score (nSPS) is 25.6. The van der Waals surface area contributed by atoms with Gasteiger partial charge in [0.25, 0.3) is 0 Å². The van der Waals surface area contributed by atoms with Crippen molar-refractivity contribution < 1.29 is 9.53 Å². The molecule has 3 atom stereocenters. The minimum absolute atomic E-state index is 0.00534. The van der Waals surface area contributed by atoms with Crippen LogP contribution in [0.5, 0.6) is 0 Å². The molecule has 220 valence electrons. The van der Waals surface area contributed by atoms with E-state index in [0.29, 0.717) is 30.9 Å². The smallest absolute Gasteiger partial charge is 0.306 e. The summed E-state index contributed by atoms with van der Waals surface area (Å²) in [4.78, 5) is 15.4. The van der Waals surface area contributed by atoms with Crippen molar-refractivity contribution in [1.29, 1.82) is 0 Å². The second-order valence-electron chi connectivity index (χ2n) is 14.4. The number of hydrogen-bond donors (Lipinski definition) is 0. The van der Waals surface area contributed by atoms with Gasteiger partial charge in [-0.05, 0) is 92.3 Å². The second kappa shape index (κ2) is 15.0. The summed E-state index contributed by atoms with van der Waals surface area (Å²) in [5, 5.41) is 0. The van der Waals surface area contributed by atoms with E-state index in [4.69, 9.17) is 4.74 Å². The number of esters is 1. The van der Waals surface area contributed by atoms with Crippen molar-refractivity contribution in [2.45, 2.75) is 148 Å². The van der Waals surface area contributed by atoms with Gasteiger partial charge in [0.15, 0.2) is 0 Å². The molecular weight excluding hydrogens is 478 g/mol. The van der Waals surface area contributed by atoms with Gasteiger partial charge in [-0.15, -0.1) is 0 Å². The lowest BCUT2D eigenvalue weighted by Crippen LogP contribution is -2.45. The fourth-order valence-corrected chi connectivity index (χ4v) is 8.00. The molecule has 0 bridgehead atoms. The molecule has 3 aliphatic carbocycles. The molecule has 4 rings (SSSR count). The Morgan fingerprint density at radius 2 is 1.36 bits per heavy atom. The van der Waals surface area contributed by atoms with Gasteiger partial charge in [0.1, 0.15) is 0 Å². The van der Waals surface area contributed by atoms with Crippen molar-refractivity contribution in [3.8, 4) is 0 Å². The quantitative estimate of drug-likeness (QED) is 0.263. The number of ether oxygens (including phenoxy) is 1. The highest BCUT2D eigenvalue weighted by atomic mass is 16.5. The molecule has 0 radical (unpaired) electrons. The van der Waals surface area contributed by atoms with Gasteiger partial charge in [0, 0.05) is 12.5 Å². The van der Waals surface area contributed by atoms with E-state index in [1.807, 2.05) is 6.92 Å². The minimum atomic E-state index is -0.00534. The van der Waals surface area contributed by atoms with Gasteiger partial charge in [-0.2, -0.15) is 0 Å². The number of hydrogen-bond acceptors (Lipinski definition) is 3. The van der Waals surface area contributed by atoms with Crippen molar-refractivity contribution in [3.63, 3.8) is 0 Å². The molecule has 3 aliphatic rings. The van der Waals surface area contributed by atoms with Crippen molar-refractivity contribution >= 4 is 5.97 Å². The van der Waals surface area contributed by atoms with Crippen LogP contribution in [0.3, 0.4) is 0 Å². The molecule has 0 spiro atoms. The first kappa shape index (κ1) is 30.6.